The van der Waals surface area contributed by atoms with Gasteiger partial charge in [0.25, 0.3) is 0 Å². The number of fused-ring (bicyclic) bond motifs is 1. The first-order chi connectivity index (χ1) is 12.9. The van der Waals surface area contributed by atoms with Gasteiger partial charge in [-0.3, -0.25) is 4.79 Å². The van der Waals surface area contributed by atoms with E-state index in [9.17, 15) is 4.79 Å². The highest BCUT2D eigenvalue weighted by Gasteiger charge is 2.21. The zero-order valence-corrected chi connectivity index (χ0v) is 17.0. The van der Waals surface area contributed by atoms with Gasteiger partial charge in [0, 0.05) is 28.5 Å². The summed E-state index contributed by atoms with van der Waals surface area (Å²) in [5.41, 5.74) is 1.73. The van der Waals surface area contributed by atoms with Gasteiger partial charge in [0.2, 0.25) is 12.7 Å². The molecule has 3 rings (SSSR count). The van der Waals surface area contributed by atoms with Gasteiger partial charge in [-0.15, -0.1) is 0 Å². The van der Waals surface area contributed by atoms with Gasteiger partial charge in [-0.25, -0.2) is 0 Å². The molecule has 1 aliphatic heterocycles. The van der Waals surface area contributed by atoms with Crippen molar-refractivity contribution in [1.29, 1.82) is 0 Å². The minimum Gasteiger partial charge on any atom is -0.454 e. The summed E-state index contributed by atoms with van der Waals surface area (Å²) < 4.78 is 16.8. The molecule has 2 aromatic carbocycles. The van der Waals surface area contributed by atoms with Gasteiger partial charge in [-0.05, 0) is 39.0 Å². The van der Waals surface area contributed by atoms with E-state index in [2.05, 4.69) is 20.8 Å². The Morgan fingerprint density at radius 1 is 1.15 bits per heavy atom. The van der Waals surface area contributed by atoms with E-state index in [4.69, 9.17) is 13.7 Å². The number of rotatable bonds is 6. The largest absolute Gasteiger partial charge is 0.454 e. The molecule has 0 N–H and O–H groups in total. The lowest BCUT2D eigenvalue weighted by atomic mass is 10.1. The van der Waals surface area contributed by atoms with E-state index in [1.54, 1.807) is 4.90 Å². The highest BCUT2D eigenvalue weighted by Crippen LogP contribution is 2.37. The molecule has 0 atom stereocenters. The van der Waals surface area contributed by atoms with Crippen LogP contribution >= 0.6 is 12.0 Å². The van der Waals surface area contributed by atoms with E-state index in [1.807, 2.05) is 49.4 Å². The van der Waals surface area contributed by atoms with Crippen LogP contribution in [0.25, 0.3) is 0 Å². The maximum Gasteiger partial charge on any atom is 0.231 e. The summed E-state index contributed by atoms with van der Waals surface area (Å²) in [7, 11) is 0. The quantitative estimate of drug-likeness (QED) is 0.639. The van der Waals surface area contributed by atoms with Crippen molar-refractivity contribution < 1.29 is 18.5 Å². The third-order valence-corrected chi connectivity index (χ3v) is 4.72. The molecule has 0 saturated carbocycles. The first-order valence-corrected chi connectivity index (χ1v) is 9.75. The molecule has 1 heterocycles. The van der Waals surface area contributed by atoms with E-state index in [0.717, 1.165) is 17.0 Å². The van der Waals surface area contributed by atoms with Crippen molar-refractivity contribution in [3.63, 3.8) is 0 Å². The number of hydrogen-bond donors (Lipinski definition) is 0. The molecule has 1 amide bonds. The summed E-state index contributed by atoms with van der Waals surface area (Å²) in [6.45, 7) is 8.79. The van der Waals surface area contributed by atoms with Crippen molar-refractivity contribution in [3.05, 3.63) is 48.0 Å². The lowest BCUT2D eigenvalue weighted by Gasteiger charge is -2.24. The molecule has 0 unspecified atom stereocenters. The Balaban J connectivity index is 1.87. The predicted octanol–water partition coefficient (Wildman–Crippen LogP) is 5.18. The Bertz CT molecular complexity index is 816. The molecule has 6 heteroatoms. The summed E-state index contributed by atoms with van der Waals surface area (Å²) in [6.07, 6.45) is 0.411. The number of hydrogen-bond acceptors (Lipinski definition) is 5. The van der Waals surface area contributed by atoms with Crippen LogP contribution in [0.5, 0.6) is 17.2 Å². The summed E-state index contributed by atoms with van der Waals surface area (Å²) in [4.78, 5) is 14.4. The summed E-state index contributed by atoms with van der Waals surface area (Å²) in [6, 6.07) is 13.4. The molecule has 0 aromatic heterocycles. The van der Waals surface area contributed by atoms with E-state index in [1.165, 1.54) is 12.0 Å². The number of carbonyl (C=O) groups is 1. The van der Waals surface area contributed by atoms with Crippen molar-refractivity contribution in [2.24, 2.45) is 0 Å². The molecule has 0 radical (unpaired) electrons. The normalized spacial score (nSPS) is 12.7. The average molecular weight is 388 g/mol. The van der Waals surface area contributed by atoms with Crippen LogP contribution in [-0.4, -0.2) is 17.4 Å². The van der Waals surface area contributed by atoms with Gasteiger partial charge in [0.15, 0.2) is 11.5 Å². The Morgan fingerprint density at radius 3 is 2.63 bits per heavy atom. The standard InChI is InChI=1S/C21H25NO4S/c1-5-20(23)22(16-10-11-18-19(12-16)25-14-24-18)13-15-8-6-7-9-17(15)26-27-21(2,3)4/h6-12H,5,13-14H2,1-4H3. The number of para-hydroxylation sites is 1. The molecule has 5 nitrogen and oxygen atoms in total. The van der Waals surface area contributed by atoms with E-state index >= 15 is 0 Å². The summed E-state index contributed by atoms with van der Waals surface area (Å²) >= 11 is 1.41. The van der Waals surface area contributed by atoms with Crippen molar-refractivity contribution in [3.8, 4) is 17.2 Å². The lowest BCUT2D eigenvalue weighted by Crippen LogP contribution is -2.29. The number of ether oxygens (including phenoxy) is 2. The molecule has 0 spiro atoms. The van der Waals surface area contributed by atoms with Gasteiger partial charge < -0.3 is 18.6 Å². The SMILES string of the molecule is CCC(=O)N(Cc1ccccc1OSC(C)(C)C)c1ccc2c(c1)OCO2. The van der Waals surface area contributed by atoms with Crippen LogP contribution in [0.15, 0.2) is 42.5 Å². The van der Waals surface area contributed by atoms with Crippen molar-refractivity contribution in [1.82, 2.24) is 0 Å². The first-order valence-electron chi connectivity index (χ1n) is 9.01. The van der Waals surface area contributed by atoms with Crippen LogP contribution in [0.2, 0.25) is 0 Å². The molecule has 144 valence electrons. The first kappa shape index (κ1) is 19.4. The zero-order valence-electron chi connectivity index (χ0n) is 16.2. The molecule has 0 aliphatic carbocycles. The highest BCUT2D eigenvalue weighted by atomic mass is 32.2. The van der Waals surface area contributed by atoms with Crippen LogP contribution in [-0.2, 0) is 11.3 Å². The van der Waals surface area contributed by atoms with Crippen LogP contribution in [0, 0.1) is 0 Å². The van der Waals surface area contributed by atoms with Gasteiger partial charge in [-0.2, -0.15) is 0 Å². The van der Waals surface area contributed by atoms with Crippen molar-refractivity contribution >= 4 is 23.6 Å². The predicted molar refractivity (Wildman–Crippen MR) is 108 cm³/mol. The summed E-state index contributed by atoms with van der Waals surface area (Å²) in [5, 5.41) is 0. The number of benzene rings is 2. The van der Waals surface area contributed by atoms with E-state index in [0.29, 0.717) is 24.5 Å². The topological polar surface area (TPSA) is 48.0 Å². The smallest absolute Gasteiger partial charge is 0.231 e. The second kappa shape index (κ2) is 8.13. The van der Waals surface area contributed by atoms with Gasteiger partial charge >= 0.3 is 0 Å². The van der Waals surface area contributed by atoms with Crippen LogP contribution < -0.4 is 18.6 Å². The number of carbonyl (C=O) groups excluding carboxylic acids is 1. The van der Waals surface area contributed by atoms with Crippen LogP contribution in [0.1, 0.15) is 39.7 Å². The van der Waals surface area contributed by atoms with E-state index < -0.39 is 0 Å². The maximum absolute atomic E-state index is 12.7. The monoisotopic (exact) mass is 387 g/mol. The fraction of sp³-hybridized carbons (Fsp3) is 0.381. The highest BCUT2D eigenvalue weighted by molar-refractivity contribution is 7.96. The Morgan fingerprint density at radius 2 is 1.89 bits per heavy atom. The number of nitrogens with zero attached hydrogens (tertiary/aromatic N) is 1. The van der Waals surface area contributed by atoms with Crippen LogP contribution in [0.4, 0.5) is 5.69 Å². The molecule has 0 saturated heterocycles. The minimum atomic E-state index is -0.0244. The van der Waals surface area contributed by atoms with Gasteiger partial charge in [0.1, 0.15) is 5.75 Å². The van der Waals surface area contributed by atoms with E-state index in [-0.39, 0.29) is 17.4 Å². The van der Waals surface area contributed by atoms with Crippen molar-refractivity contribution in [2.75, 3.05) is 11.7 Å². The molecule has 27 heavy (non-hydrogen) atoms. The lowest BCUT2D eigenvalue weighted by molar-refractivity contribution is -0.118. The second-order valence-electron chi connectivity index (χ2n) is 7.26. The third kappa shape index (κ3) is 4.89. The zero-order chi connectivity index (χ0) is 19.4. The number of amides is 1. The molecular weight excluding hydrogens is 362 g/mol. The maximum atomic E-state index is 12.7. The fourth-order valence-electron chi connectivity index (χ4n) is 2.62. The molecule has 0 bridgehead atoms. The molecule has 2 aromatic rings. The molecular formula is C21H25NO4S. The van der Waals surface area contributed by atoms with Gasteiger partial charge in [-0.1, -0.05) is 25.1 Å². The Hall–Kier alpha value is -2.34. The third-order valence-electron chi connectivity index (χ3n) is 3.95. The minimum absolute atomic E-state index is 0.0244. The average Bonchev–Trinajstić information content (AvgIpc) is 3.11. The summed E-state index contributed by atoms with van der Waals surface area (Å²) in [5.74, 6) is 2.17. The van der Waals surface area contributed by atoms with Crippen LogP contribution in [0.3, 0.4) is 0 Å². The Labute approximate surface area is 164 Å². The van der Waals surface area contributed by atoms with Gasteiger partial charge in [0.05, 0.1) is 18.6 Å². The second-order valence-corrected chi connectivity index (χ2v) is 8.82. The molecule has 0 fully saturated rings. The van der Waals surface area contributed by atoms with Crippen molar-refractivity contribution in [2.45, 2.75) is 45.4 Å². The fourth-order valence-corrected chi connectivity index (χ4v) is 3.13. The number of anilines is 1. The molecule has 1 aliphatic rings. The Kier molecular flexibility index (Phi) is 5.85.